The average molecular weight is 685 g/mol. The summed E-state index contributed by atoms with van der Waals surface area (Å²) < 4.78 is 18.0. The molecule has 1 aliphatic rings. The summed E-state index contributed by atoms with van der Waals surface area (Å²) in [4.78, 5) is 25.1. The average Bonchev–Trinajstić information content (AvgIpc) is 3.15. The Kier molecular flexibility index (Phi) is 13.3. The van der Waals surface area contributed by atoms with Gasteiger partial charge in [0.15, 0.2) is 6.29 Å². The van der Waals surface area contributed by atoms with Gasteiger partial charge in [0, 0.05) is 36.0 Å². The molecule has 0 saturated carbocycles. The van der Waals surface area contributed by atoms with Crippen LogP contribution in [-0.4, -0.2) is 59.6 Å². The molecule has 4 N–H and O–H groups in total. The Morgan fingerprint density at radius 2 is 1.55 bits per heavy atom. The predicted molar refractivity (Wildman–Crippen MR) is 191 cm³/mol. The molecule has 2 amide bonds. The minimum absolute atomic E-state index is 0.0126. The van der Waals surface area contributed by atoms with Gasteiger partial charge in [-0.15, -0.1) is 0 Å². The van der Waals surface area contributed by atoms with Gasteiger partial charge in [-0.3, -0.25) is 0 Å². The molecule has 1 saturated heterocycles. The first kappa shape index (κ1) is 36.1. The molecule has 0 aliphatic carbocycles. The molecule has 1 aliphatic heterocycles. The van der Waals surface area contributed by atoms with E-state index in [1.807, 2.05) is 103 Å². The highest BCUT2D eigenvalue weighted by molar-refractivity contribution is 7.99. The van der Waals surface area contributed by atoms with Gasteiger partial charge in [0.2, 0.25) is 0 Å². The van der Waals surface area contributed by atoms with Crippen LogP contribution in [0.3, 0.4) is 0 Å². The van der Waals surface area contributed by atoms with Crippen molar-refractivity contribution in [2.75, 3.05) is 25.2 Å². The van der Waals surface area contributed by atoms with Crippen LogP contribution in [0, 0.1) is 5.92 Å². The summed E-state index contributed by atoms with van der Waals surface area (Å²) in [6.07, 6.45) is -0.532. The molecule has 0 bridgehead atoms. The predicted octanol–water partition coefficient (Wildman–Crippen LogP) is 5.95. The Morgan fingerprint density at radius 3 is 2.24 bits per heavy atom. The fourth-order valence-corrected chi connectivity index (χ4v) is 6.75. The lowest BCUT2D eigenvalue weighted by Gasteiger charge is -2.41. The van der Waals surface area contributed by atoms with E-state index in [9.17, 15) is 19.8 Å². The van der Waals surface area contributed by atoms with Gasteiger partial charge in [0.05, 0.1) is 32.5 Å². The second-order valence-corrected chi connectivity index (χ2v) is 13.2. The largest absolute Gasteiger partial charge is 0.467 e. The number of hydrogen-bond donors (Lipinski definition) is 4. The molecular weight excluding hydrogens is 641 g/mol. The van der Waals surface area contributed by atoms with Gasteiger partial charge in [-0.25, -0.2) is 9.59 Å². The molecule has 49 heavy (non-hydrogen) atoms. The van der Waals surface area contributed by atoms with Crippen molar-refractivity contribution < 1.29 is 34.0 Å². The molecule has 0 unspecified atom stereocenters. The van der Waals surface area contributed by atoms with Crippen LogP contribution in [0.15, 0.2) is 103 Å². The molecule has 9 nitrogen and oxygen atoms in total. The van der Waals surface area contributed by atoms with E-state index < -0.39 is 24.3 Å². The third kappa shape index (κ3) is 9.93. The van der Waals surface area contributed by atoms with E-state index in [1.165, 1.54) is 7.11 Å². The Morgan fingerprint density at radius 1 is 0.837 bits per heavy atom. The molecule has 4 aromatic carbocycles. The van der Waals surface area contributed by atoms with Gasteiger partial charge in [0.1, 0.15) is 6.04 Å². The van der Waals surface area contributed by atoms with E-state index >= 15 is 0 Å². The van der Waals surface area contributed by atoms with Crippen LogP contribution in [0.2, 0.25) is 0 Å². The molecule has 10 heteroatoms. The number of rotatable bonds is 14. The van der Waals surface area contributed by atoms with Gasteiger partial charge >= 0.3 is 12.0 Å². The lowest BCUT2D eigenvalue weighted by Crippen LogP contribution is -2.47. The number of aliphatic hydroxyl groups is 2. The summed E-state index contributed by atoms with van der Waals surface area (Å²) in [5.41, 5.74) is 6.58. The van der Waals surface area contributed by atoms with Crippen LogP contribution < -0.4 is 10.6 Å². The first-order valence-electron chi connectivity index (χ1n) is 16.4. The number of nitrogens with one attached hydrogen (secondary N) is 2. The van der Waals surface area contributed by atoms with Crippen molar-refractivity contribution in [3.63, 3.8) is 0 Å². The standard InChI is InChI=1S/C39H44N2O7S/c1-26-35(25-49-20-19-42)47-38(48-36(26)31-13-11-28(24-43)12-14-31)32-17-15-30(16-18-32)33-10-6-9-29(21-33)23-40-39(45)41-34(37(44)46-2)22-27-7-4-3-5-8-27/h3-18,21,26,34-36,38,42-43H,19-20,22-25H2,1-2H3,(H2,40,41,45)/t26-,34+,35+,36+,38+/m1/s1. The van der Waals surface area contributed by atoms with Crippen molar-refractivity contribution in [1.82, 2.24) is 10.6 Å². The number of ether oxygens (including phenoxy) is 3. The maximum Gasteiger partial charge on any atom is 0.328 e. The molecule has 1 fully saturated rings. The van der Waals surface area contributed by atoms with Crippen LogP contribution in [0.1, 0.15) is 47.1 Å². The SMILES string of the molecule is COC(=O)[C@H](Cc1ccccc1)NC(=O)NCc1cccc(-c2ccc([C@H]3O[C@@H](CSCCO)[C@@H](C)[C@@H](c4ccc(CO)cc4)O3)cc2)c1. The number of carbonyl (C=O) groups excluding carboxylic acids is 2. The normalized spacial score (nSPS) is 19.5. The van der Waals surface area contributed by atoms with Gasteiger partial charge in [0.25, 0.3) is 0 Å². The van der Waals surface area contributed by atoms with Crippen molar-refractivity contribution >= 4 is 23.8 Å². The molecular formula is C39H44N2O7S. The minimum atomic E-state index is -0.811. The van der Waals surface area contributed by atoms with Gasteiger partial charge in [-0.1, -0.05) is 104 Å². The number of benzene rings is 4. The zero-order valence-electron chi connectivity index (χ0n) is 27.8. The van der Waals surface area contributed by atoms with E-state index in [-0.39, 0.29) is 37.9 Å². The molecule has 5 atom stereocenters. The van der Waals surface area contributed by atoms with Crippen molar-refractivity contribution in [3.05, 3.63) is 131 Å². The molecule has 0 aromatic heterocycles. The molecule has 0 spiro atoms. The first-order valence-corrected chi connectivity index (χ1v) is 17.6. The first-order chi connectivity index (χ1) is 23.9. The smallest absolute Gasteiger partial charge is 0.328 e. The summed E-state index contributed by atoms with van der Waals surface area (Å²) in [5, 5.41) is 24.4. The van der Waals surface area contributed by atoms with Crippen molar-refractivity contribution in [1.29, 1.82) is 0 Å². The summed E-state index contributed by atoms with van der Waals surface area (Å²) in [5.74, 6) is 0.950. The lowest BCUT2D eigenvalue weighted by atomic mass is 9.91. The van der Waals surface area contributed by atoms with Crippen molar-refractivity contribution in [2.45, 2.75) is 51.0 Å². The monoisotopic (exact) mass is 684 g/mol. The van der Waals surface area contributed by atoms with E-state index in [4.69, 9.17) is 14.2 Å². The van der Waals surface area contributed by atoms with Gasteiger partial charge in [-0.05, 0) is 39.4 Å². The number of hydrogen-bond acceptors (Lipinski definition) is 8. The zero-order valence-corrected chi connectivity index (χ0v) is 28.6. The molecule has 0 radical (unpaired) electrons. The van der Waals surface area contributed by atoms with E-state index in [1.54, 1.807) is 11.8 Å². The van der Waals surface area contributed by atoms with E-state index in [2.05, 4.69) is 17.6 Å². The molecule has 4 aromatic rings. The number of thioether (sulfide) groups is 1. The van der Waals surface area contributed by atoms with Crippen molar-refractivity contribution in [2.24, 2.45) is 5.92 Å². The number of amides is 2. The van der Waals surface area contributed by atoms with Gasteiger partial charge in [-0.2, -0.15) is 11.8 Å². The number of methoxy groups -OCH3 is 1. The highest BCUT2D eigenvalue weighted by atomic mass is 32.2. The Hall–Kier alpha value is -4.19. The molecule has 5 rings (SSSR count). The number of carbonyl (C=O) groups is 2. The third-order valence-electron chi connectivity index (χ3n) is 8.61. The molecule has 1 heterocycles. The summed E-state index contributed by atoms with van der Waals surface area (Å²) in [6, 6.07) is 32.0. The fraction of sp³-hybridized carbons (Fsp3) is 0.333. The highest BCUT2D eigenvalue weighted by Crippen LogP contribution is 2.42. The molecule has 258 valence electrons. The fourth-order valence-electron chi connectivity index (χ4n) is 5.84. The summed E-state index contributed by atoms with van der Waals surface area (Å²) in [7, 11) is 1.31. The van der Waals surface area contributed by atoms with Gasteiger partial charge < -0.3 is 35.1 Å². The second kappa shape index (κ2) is 18.0. The zero-order chi connectivity index (χ0) is 34.6. The minimum Gasteiger partial charge on any atom is -0.467 e. The Labute approximate surface area is 292 Å². The number of esters is 1. The van der Waals surface area contributed by atoms with E-state index in [0.717, 1.165) is 44.7 Å². The topological polar surface area (TPSA) is 126 Å². The Bertz CT molecular complexity index is 1640. The quantitative estimate of drug-likeness (QED) is 0.0950. The van der Waals surface area contributed by atoms with Crippen LogP contribution in [0.4, 0.5) is 4.79 Å². The van der Waals surface area contributed by atoms with Crippen molar-refractivity contribution in [3.8, 4) is 11.1 Å². The second-order valence-electron chi connectivity index (χ2n) is 12.0. The summed E-state index contributed by atoms with van der Waals surface area (Å²) in [6.45, 7) is 2.51. The maximum atomic E-state index is 12.8. The van der Waals surface area contributed by atoms with Crippen LogP contribution in [-0.2, 0) is 38.6 Å². The highest BCUT2D eigenvalue weighted by Gasteiger charge is 2.38. The Balaban J connectivity index is 1.24. The number of urea groups is 1. The number of aliphatic hydroxyl groups excluding tert-OH is 2. The third-order valence-corrected chi connectivity index (χ3v) is 9.65. The maximum absolute atomic E-state index is 12.8. The van der Waals surface area contributed by atoms with Crippen LogP contribution >= 0.6 is 11.8 Å². The summed E-state index contributed by atoms with van der Waals surface area (Å²) >= 11 is 1.66. The van der Waals surface area contributed by atoms with E-state index in [0.29, 0.717) is 12.2 Å². The van der Waals surface area contributed by atoms with Crippen LogP contribution in [0.25, 0.3) is 11.1 Å². The van der Waals surface area contributed by atoms with Crippen LogP contribution in [0.5, 0.6) is 0 Å². The lowest BCUT2D eigenvalue weighted by molar-refractivity contribution is -0.268.